The highest BCUT2D eigenvalue weighted by Crippen LogP contribution is 2.41. The lowest BCUT2D eigenvalue weighted by molar-refractivity contribution is -0.262. The number of hydrogen-bond acceptors (Lipinski definition) is 4. The molecule has 37 heavy (non-hydrogen) atoms. The topological polar surface area (TPSA) is 86.9 Å². The fourth-order valence-corrected chi connectivity index (χ4v) is 5.76. The summed E-state index contributed by atoms with van der Waals surface area (Å²) in [6.07, 6.45) is -1.01. The van der Waals surface area contributed by atoms with Gasteiger partial charge in [0, 0.05) is 37.4 Å². The van der Waals surface area contributed by atoms with E-state index >= 15 is 0 Å². The number of halogens is 4. The number of nitrogens with two attached hydrogens (primary N) is 1. The van der Waals surface area contributed by atoms with Gasteiger partial charge in [0.15, 0.2) is 0 Å². The maximum atomic E-state index is 13.9. The number of carbonyl (C=O) groups is 2. The van der Waals surface area contributed by atoms with E-state index in [1.165, 1.54) is 18.2 Å². The first kappa shape index (κ1) is 27.3. The predicted octanol–water partition coefficient (Wildman–Crippen LogP) is 4.73. The lowest BCUT2D eigenvalue weighted by Crippen LogP contribution is -2.57. The van der Waals surface area contributed by atoms with Gasteiger partial charge in [0.25, 0.3) is 11.5 Å². The molecule has 1 unspecified atom stereocenters. The summed E-state index contributed by atoms with van der Waals surface area (Å²) in [7, 11) is 0. The second-order valence-corrected chi connectivity index (χ2v) is 10.4. The standard InChI is InChI=1S/C27H31ClF3N3O3/c28-23-17-21(6-7-22(23)24(32)35)33-12-8-18(9-13-33)16-19-10-14-34(15-11-19)25(36)26(37,27(29,30)31)20-4-2-1-3-5-20/h1-7,17-19,37H,8-16H2,(H2,32,35). The molecule has 2 aromatic rings. The molecule has 4 rings (SSSR count). The SMILES string of the molecule is NC(=O)c1ccc(N2CCC(CC3CCN(C(=O)C(O)(c4ccccc4)C(F)(F)F)CC3)CC2)cc1Cl. The molecule has 2 aliphatic heterocycles. The Morgan fingerprint density at radius 3 is 2.03 bits per heavy atom. The number of anilines is 1. The van der Waals surface area contributed by atoms with Crippen molar-refractivity contribution in [2.24, 2.45) is 17.6 Å². The van der Waals surface area contributed by atoms with E-state index in [1.54, 1.807) is 12.1 Å². The van der Waals surface area contributed by atoms with Crippen molar-refractivity contribution in [3.63, 3.8) is 0 Å². The number of carbonyl (C=O) groups excluding carboxylic acids is 2. The molecular weight excluding hydrogens is 507 g/mol. The number of nitrogens with zero attached hydrogens (tertiary/aromatic N) is 2. The lowest BCUT2D eigenvalue weighted by Gasteiger charge is -2.40. The average molecular weight is 538 g/mol. The lowest BCUT2D eigenvalue weighted by atomic mass is 9.82. The summed E-state index contributed by atoms with van der Waals surface area (Å²) in [5.74, 6) is -1.06. The minimum absolute atomic E-state index is 0.193. The third kappa shape index (κ3) is 5.72. The zero-order chi connectivity index (χ0) is 26.8. The summed E-state index contributed by atoms with van der Waals surface area (Å²) in [5, 5.41) is 10.9. The minimum atomic E-state index is -5.12. The van der Waals surface area contributed by atoms with Crippen LogP contribution < -0.4 is 10.6 Å². The fraction of sp³-hybridized carbons (Fsp3) is 0.481. The zero-order valence-corrected chi connectivity index (χ0v) is 21.1. The van der Waals surface area contributed by atoms with Gasteiger partial charge in [-0.1, -0.05) is 41.9 Å². The molecule has 0 aliphatic carbocycles. The smallest absolute Gasteiger partial charge is 0.371 e. The fourth-order valence-electron chi connectivity index (χ4n) is 5.49. The normalized spacial score (nSPS) is 19.5. The average Bonchev–Trinajstić information content (AvgIpc) is 2.88. The van der Waals surface area contributed by atoms with Gasteiger partial charge in [0.1, 0.15) is 0 Å². The molecule has 0 bridgehead atoms. The molecule has 1 atom stereocenters. The highest BCUT2D eigenvalue weighted by Gasteiger charge is 2.62. The summed E-state index contributed by atoms with van der Waals surface area (Å²) in [4.78, 5) is 27.7. The Kier molecular flexibility index (Phi) is 8.04. The van der Waals surface area contributed by atoms with E-state index in [2.05, 4.69) is 4.90 Å². The molecule has 0 radical (unpaired) electrons. The molecule has 200 valence electrons. The molecule has 2 saturated heterocycles. The number of primary amides is 1. The van der Waals surface area contributed by atoms with E-state index < -0.39 is 29.2 Å². The highest BCUT2D eigenvalue weighted by atomic mass is 35.5. The number of benzene rings is 2. The molecule has 2 amide bonds. The third-order valence-corrected chi connectivity index (χ3v) is 7.99. The van der Waals surface area contributed by atoms with E-state index in [-0.39, 0.29) is 13.1 Å². The highest BCUT2D eigenvalue weighted by molar-refractivity contribution is 6.34. The Labute approximate surface area is 219 Å². The van der Waals surface area contributed by atoms with Crippen LogP contribution in [0.2, 0.25) is 5.02 Å². The number of amides is 2. The van der Waals surface area contributed by atoms with Crippen LogP contribution in [-0.2, 0) is 10.4 Å². The van der Waals surface area contributed by atoms with Crippen LogP contribution in [0.15, 0.2) is 48.5 Å². The van der Waals surface area contributed by atoms with Crippen molar-refractivity contribution in [3.8, 4) is 0 Å². The molecule has 2 fully saturated rings. The largest absolute Gasteiger partial charge is 0.430 e. The number of aliphatic hydroxyl groups is 1. The second-order valence-electron chi connectivity index (χ2n) is 10.0. The van der Waals surface area contributed by atoms with Gasteiger partial charge in [-0.15, -0.1) is 0 Å². The first-order chi connectivity index (χ1) is 17.5. The van der Waals surface area contributed by atoms with Gasteiger partial charge in [-0.3, -0.25) is 9.59 Å². The van der Waals surface area contributed by atoms with Gasteiger partial charge in [0.2, 0.25) is 5.91 Å². The summed E-state index contributed by atoms with van der Waals surface area (Å²) in [6, 6.07) is 11.8. The van der Waals surface area contributed by atoms with Crippen molar-refractivity contribution in [3.05, 3.63) is 64.7 Å². The van der Waals surface area contributed by atoms with Crippen LogP contribution in [0.25, 0.3) is 0 Å². The van der Waals surface area contributed by atoms with Gasteiger partial charge in [-0.2, -0.15) is 13.2 Å². The molecule has 0 spiro atoms. The Balaban J connectivity index is 1.30. The zero-order valence-electron chi connectivity index (χ0n) is 20.4. The maximum absolute atomic E-state index is 13.9. The molecule has 6 nitrogen and oxygen atoms in total. The first-order valence-corrected chi connectivity index (χ1v) is 12.9. The van der Waals surface area contributed by atoms with Crippen molar-refractivity contribution in [2.75, 3.05) is 31.1 Å². The van der Waals surface area contributed by atoms with Crippen LogP contribution in [0.4, 0.5) is 18.9 Å². The van der Waals surface area contributed by atoms with Crippen LogP contribution >= 0.6 is 11.6 Å². The number of hydrogen-bond donors (Lipinski definition) is 2. The van der Waals surface area contributed by atoms with Gasteiger partial charge in [-0.25, -0.2) is 0 Å². The Bertz CT molecular complexity index is 1110. The second kappa shape index (κ2) is 10.9. The summed E-state index contributed by atoms with van der Waals surface area (Å²) >= 11 is 6.19. The van der Waals surface area contributed by atoms with Crippen LogP contribution in [0.3, 0.4) is 0 Å². The Hall–Kier alpha value is -2.78. The van der Waals surface area contributed by atoms with E-state index in [1.807, 2.05) is 6.07 Å². The van der Waals surface area contributed by atoms with E-state index in [9.17, 15) is 27.9 Å². The van der Waals surface area contributed by atoms with Crippen molar-refractivity contribution in [1.29, 1.82) is 0 Å². The van der Waals surface area contributed by atoms with Crippen molar-refractivity contribution in [1.82, 2.24) is 4.90 Å². The molecule has 3 N–H and O–H groups in total. The monoisotopic (exact) mass is 537 g/mol. The molecule has 0 aromatic heterocycles. The molecule has 2 heterocycles. The van der Waals surface area contributed by atoms with Crippen LogP contribution in [0.1, 0.15) is 48.0 Å². The summed E-state index contributed by atoms with van der Waals surface area (Å²) in [5.41, 5.74) is 2.54. The molecule has 0 saturated carbocycles. The van der Waals surface area contributed by atoms with E-state index in [0.717, 1.165) is 55.1 Å². The Morgan fingerprint density at radius 1 is 0.946 bits per heavy atom. The maximum Gasteiger partial charge on any atom is 0.430 e. The summed E-state index contributed by atoms with van der Waals surface area (Å²) in [6.45, 7) is 2.06. The van der Waals surface area contributed by atoms with Gasteiger partial charge in [0.05, 0.1) is 10.6 Å². The number of piperidine rings is 2. The molecule has 10 heteroatoms. The van der Waals surface area contributed by atoms with Crippen molar-refractivity contribution in [2.45, 2.75) is 43.9 Å². The number of rotatable bonds is 6. The summed E-state index contributed by atoms with van der Waals surface area (Å²) < 4.78 is 41.6. The molecule has 2 aromatic carbocycles. The van der Waals surface area contributed by atoms with Crippen molar-refractivity contribution >= 4 is 29.1 Å². The van der Waals surface area contributed by atoms with Gasteiger partial charge < -0.3 is 20.6 Å². The molecular formula is C27H31ClF3N3O3. The van der Waals surface area contributed by atoms with Crippen LogP contribution in [0, 0.1) is 11.8 Å². The van der Waals surface area contributed by atoms with E-state index in [0.29, 0.717) is 35.3 Å². The number of likely N-dealkylation sites (tertiary alicyclic amines) is 1. The predicted molar refractivity (Wildman–Crippen MR) is 135 cm³/mol. The quantitative estimate of drug-likeness (QED) is 0.557. The van der Waals surface area contributed by atoms with Crippen molar-refractivity contribution < 1.29 is 27.9 Å². The van der Waals surface area contributed by atoms with Gasteiger partial charge >= 0.3 is 6.18 Å². The van der Waals surface area contributed by atoms with E-state index in [4.69, 9.17) is 17.3 Å². The Morgan fingerprint density at radius 2 is 1.51 bits per heavy atom. The number of alkyl halides is 3. The third-order valence-electron chi connectivity index (χ3n) is 7.68. The van der Waals surface area contributed by atoms with Crippen LogP contribution in [-0.4, -0.2) is 54.2 Å². The first-order valence-electron chi connectivity index (χ1n) is 12.5. The molecule has 2 aliphatic rings. The minimum Gasteiger partial charge on any atom is -0.371 e. The van der Waals surface area contributed by atoms with Gasteiger partial charge in [-0.05, 0) is 62.1 Å². The van der Waals surface area contributed by atoms with Crippen LogP contribution in [0.5, 0.6) is 0 Å².